The van der Waals surface area contributed by atoms with Crippen LogP contribution in [0, 0.1) is 0 Å². The van der Waals surface area contributed by atoms with Crippen molar-refractivity contribution in [3.63, 3.8) is 0 Å². The first-order valence-corrected chi connectivity index (χ1v) is 10.1. The molecule has 1 N–H and O–H groups in total. The summed E-state index contributed by atoms with van der Waals surface area (Å²) in [6.45, 7) is 0.474. The second kappa shape index (κ2) is 9.34. The molecule has 7 heteroatoms. The molecule has 0 saturated heterocycles. The maximum atomic E-state index is 12.5. The fourth-order valence-corrected chi connectivity index (χ4v) is 3.60. The maximum absolute atomic E-state index is 12.5. The van der Waals surface area contributed by atoms with Crippen LogP contribution < -0.4 is 9.47 Å². The summed E-state index contributed by atoms with van der Waals surface area (Å²) in [4.78, 5) is 12.5. The van der Waals surface area contributed by atoms with Crippen molar-refractivity contribution < 1.29 is 19.4 Å². The molecule has 0 bridgehead atoms. The van der Waals surface area contributed by atoms with Crippen molar-refractivity contribution >= 4 is 22.5 Å². The number of amides is 1. The van der Waals surface area contributed by atoms with Gasteiger partial charge in [-0.05, 0) is 29.3 Å². The molecule has 0 aliphatic heterocycles. The van der Waals surface area contributed by atoms with Gasteiger partial charge in [0.2, 0.25) is 5.88 Å². The molecule has 0 fully saturated rings. The van der Waals surface area contributed by atoms with Crippen LogP contribution in [0.4, 0.5) is 5.69 Å². The van der Waals surface area contributed by atoms with Crippen molar-refractivity contribution in [1.82, 2.24) is 4.57 Å². The molecule has 0 spiro atoms. The minimum Gasteiger partial charge on any atom is -0.493 e. The Kier molecular flexibility index (Phi) is 6.17. The van der Waals surface area contributed by atoms with Crippen molar-refractivity contribution in [3.05, 3.63) is 83.9 Å². The molecule has 4 aromatic rings. The van der Waals surface area contributed by atoms with Crippen molar-refractivity contribution in [2.45, 2.75) is 13.0 Å². The molecular weight excluding hydrogens is 406 g/mol. The van der Waals surface area contributed by atoms with E-state index in [0.717, 1.165) is 22.0 Å². The Bertz CT molecular complexity index is 1280. The topological polar surface area (TPSA) is 85.4 Å². The third kappa shape index (κ3) is 4.32. The monoisotopic (exact) mass is 429 g/mol. The molecule has 4 rings (SSSR count). The van der Waals surface area contributed by atoms with Crippen molar-refractivity contribution in [2.24, 2.45) is 10.2 Å². The number of fused-ring (bicyclic) bond motifs is 1. The lowest BCUT2D eigenvalue weighted by molar-refractivity contribution is -0.117. The van der Waals surface area contributed by atoms with Gasteiger partial charge in [0.15, 0.2) is 17.2 Å². The summed E-state index contributed by atoms with van der Waals surface area (Å²) in [5, 5.41) is 19.6. The van der Waals surface area contributed by atoms with Gasteiger partial charge in [0.05, 0.1) is 32.7 Å². The maximum Gasteiger partial charge on any atom is 0.269 e. The van der Waals surface area contributed by atoms with Gasteiger partial charge in [-0.15, -0.1) is 10.2 Å². The summed E-state index contributed by atoms with van der Waals surface area (Å²) in [6, 6.07) is 22.6. The average molecular weight is 429 g/mol. The summed E-state index contributed by atoms with van der Waals surface area (Å²) in [6.07, 6.45) is 0.0489. The quantitative estimate of drug-likeness (QED) is 0.406. The van der Waals surface area contributed by atoms with Gasteiger partial charge in [0.25, 0.3) is 5.91 Å². The van der Waals surface area contributed by atoms with Gasteiger partial charge in [-0.3, -0.25) is 4.79 Å². The number of methoxy groups -OCH3 is 2. The summed E-state index contributed by atoms with van der Waals surface area (Å²) in [5.74, 6) is 0.659. The number of hydrogen-bond acceptors (Lipinski definition) is 5. The summed E-state index contributed by atoms with van der Waals surface area (Å²) < 4.78 is 12.3. The van der Waals surface area contributed by atoms with Gasteiger partial charge in [-0.1, -0.05) is 54.6 Å². The Morgan fingerprint density at radius 3 is 2.38 bits per heavy atom. The molecule has 0 radical (unpaired) electrons. The molecule has 32 heavy (non-hydrogen) atoms. The molecule has 7 nitrogen and oxygen atoms in total. The van der Waals surface area contributed by atoms with E-state index in [0.29, 0.717) is 18.0 Å². The number of ether oxygens (including phenoxy) is 2. The zero-order valence-electron chi connectivity index (χ0n) is 17.9. The number of azo groups is 1. The molecule has 0 unspecified atom stereocenters. The smallest absolute Gasteiger partial charge is 0.269 e. The SMILES string of the molecule is COc1ccc(CC(=O)N=Nc2c(O)n(Cc3ccccc3)c3ccccc23)cc1OC. The average Bonchev–Trinajstić information content (AvgIpc) is 3.09. The van der Waals surface area contributed by atoms with Crippen LogP contribution in [0.25, 0.3) is 10.9 Å². The second-order valence-corrected chi connectivity index (χ2v) is 7.22. The van der Waals surface area contributed by atoms with Gasteiger partial charge >= 0.3 is 0 Å². The standard InChI is InChI=1S/C25H23N3O4/c1-31-21-13-12-18(14-22(21)32-2)15-23(29)26-27-24-19-10-6-7-11-20(19)28(25(24)30)16-17-8-4-3-5-9-17/h3-14,30H,15-16H2,1-2H3. The summed E-state index contributed by atoms with van der Waals surface area (Å²) >= 11 is 0. The van der Waals surface area contributed by atoms with E-state index in [1.54, 1.807) is 29.9 Å². The number of aromatic nitrogens is 1. The minimum atomic E-state index is -0.434. The van der Waals surface area contributed by atoms with Crippen LogP contribution in [0.3, 0.4) is 0 Å². The zero-order chi connectivity index (χ0) is 22.5. The molecule has 0 aliphatic carbocycles. The van der Waals surface area contributed by atoms with E-state index in [1.807, 2.05) is 54.6 Å². The van der Waals surface area contributed by atoms with Crippen LogP contribution in [0.15, 0.2) is 83.0 Å². The fraction of sp³-hybridized carbons (Fsp3) is 0.160. The molecule has 0 atom stereocenters. The Labute approximate surface area is 185 Å². The third-order valence-corrected chi connectivity index (χ3v) is 5.17. The number of nitrogens with zero attached hydrogens (tertiary/aromatic N) is 3. The lowest BCUT2D eigenvalue weighted by atomic mass is 10.1. The van der Waals surface area contributed by atoms with E-state index in [9.17, 15) is 9.90 Å². The lowest BCUT2D eigenvalue weighted by Crippen LogP contribution is -1.99. The molecule has 1 amide bonds. The van der Waals surface area contributed by atoms with Crippen LogP contribution in [0.2, 0.25) is 0 Å². The Balaban J connectivity index is 1.60. The highest BCUT2D eigenvalue weighted by atomic mass is 16.5. The van der Waals surface area contributed by atoms with E-state index < -0.39 is 5.91 Å². The first-order valence-electron chi connectivity index (χ1n) is 10.1. The van der Waals surface area contributed by atoms with E-state index in [1.165, 1.54) is 7.11 Å². The normalized spacial score (nSPS) is 11.2. The molecule has 162 valence electrons. The van der Waals surface area contributed by atoms with E-state index in [-0.39, 0.29) is 18.0 Å². The second-order valence-electron chi connectivity index (χ2n) is 7.22. The summed E-state index contributed by atoms with van der Waals surface area (Å²) in [7, 11) is 3.09. The van der Waals surface area contributed by atoms with E-state index in [4.69, 9.17) is 9.47 Å². The van der Waals surface area contributed by atoms with Crippen molar-refractivity contribution in [1.29, 1.82) is 0 Å². The number of carbonyl (C=O) groups excluding carboxylic acids is 1. The van der Waals surface area contributed by atoms with Crippen LogP contribution in [0.5, 0.6) is 17.4 Å². The lowest BCUT2D eigenvalue weighted by Gasteiger charge is -2.08. The highest BCUT2D eigenvalue weighted by molar-refractivity contribution is 5.95. The van der Waals surface area contributed by atoms with E-state index in [2.05, 4.69) is 10.2 Å². The van der Waals surface area contributed by atoms with Gasteiger partial charge in [-0.25, -0.2) is 0 Å². The number of aromatic hydroxyl groups is 1. The molecular formula is C25H23N3O4. The number of carbonyl (C=O) groups is 1. The van der Waals surface area contributed by atoms with Gasteiger partial charge < -0.3 is 19.1 Å². The molecule has 3 aromatic carbocycles. The van der Waals surface area contributed by atoms with Crippen molar-refractivity contribution in [2.75, 3.05) is 14.2 Å². The molecule has 0 saturated carbocycles. The fourth-order valence-electron chi connectivity index (χ4n) is 3.60. The Morgan fingerprint density at radius 2 is 1.62 bits per heavy atom. The van der Waals surface area contributed by atoms with Gasteiger partial charge in [0, 0.05) is 5.39 Å². The highest BCUT2D eigenvalue weighted by Gasteiger charge is 2.17. The van der Waals surface area contributed by atoms with Crippen LogP contribution in [0.1, 0.15) is 11.1 Å². The predicted molar refractivity (Wildman–Crippen MR) is 122 cm³/mol. The Morgan fingerprint density at radius 1 is 0.906 bits per heavy atom. The van der Waals surface area contributed by atoms with Crippen LogP contribution in [-0.2, 0) is 17.8 Å². The van der Waals surface area contributed by atoms with Crippen molar-refractivity contribution in [3.8, 4) is 17.4 Å². The molecule has 1 aromatic heterocycles. The number of rotatable bonds is 7. The minimum absolute atomic E-state index is 0.0299. The highest BCUT2D eigenvalue weighted by Crippen LogP contribution is 2.39. The first kappa shape index (κ1) is 21.1. The van der Waals surface area contributed by atoms with Gasteiger partial charge in [-0.2, -0.15) is 0 Å². The zero-order valence-corrected chi connectivity index (χ0v) is 17.9. The van der Waals surface area contributed by atoms with Gasteiger partial charge in [0.1, 0.15) is 0 Å². The molecule has 1 heterocycles. The van der Waals surface area contributed by atoms with E-state index >= 15 is 0 Å². The first-order chi connectivity index (χ1) is 15.6. The van der Waals surface area contributed by atoms with Crippen LogP contribution >= 0.6 is 0 Å². The predicted octanol–water partition coefficient (Wildman–Crippen LogP) is 5.27. The largest absolute Gasteiger partial charge is 0.493 e. The Hall–Kier alpha value is -4.13. The number of hydrogen-bond donors (Lipinski definition) is 1. The number of benzene rings is 3. The molecule has 0 aliphatic rings. The third-order valence-electron chi connectivity index (χ3n) is 5.17. The summed E-state index contributed by atoms with van der Waals surface area (Å²) in [5.41, 5.74) is 2.85. The van der Waals surface area contributed by atoms with Crippen LogP contribution in [-0.4, -0.2) is 29.8 Å². The number of para-hydroxylation sites is 1.